The molecule has 0 spiro atoms. The van der Waals surface area contributed by atoms with Crippen LogP contribution in [0, 0.1) is 0 Å². The fraction of sp³-hybridized carbons (Fsp3) is 0.176. The number of fused-ring (bicyclic) bond motifs is 1. The number of alkyl halides is 3. The molecule has 0 unspecified atom stereocenters. The zero-order valence-corrected chi connectivity index (χ0v) is 12.3. The molecule has 0 saturated carbocycles. The van der Waals surface area contributed by atoms with Crippen molar-refractivity contribution in [3.8, 4) is 0 Å². The van der Waals surface area contributed by atoms with E-state index in [2.05, 4.69) is 4.99 Å². The van der Waals surface area contributed by atoms with Gasteiger partial charge in [0.05, 0.1) is 11.3 Å². The van der Waals surface area contributed by atoms with E-state index >= 15 is 0 Å². The first kappa shape index (κ1) is 15.3. The van der Waals surface area contributed by atoms with Crippen LogP contribution < -0.4 is 4.90 Å². The number of hydrogen-bond donors (Lipinski definition) is 0. The van der Waals surface area contributed by atoms with Crippen molar-refractivity contribution in [2.45, 2.75) is 13.1 Å². The summed E-state index contributed by atoms with van der Waals surface area (Å²) in [6.45, 7) is 1.59. The summed E-state index contributed by atoms with van der Waals surface area (Å²) in [4.78, 5) is 17.9. The van der Waals surface area contributed by atoms with Gasteiger partial charge in [0.15, 0.2) is 0 Å². The molecule has 23 heavy (non-hydrogen) atoms. The molecule has 1 aliphatic heterocycles. The van der Waals surface area contributed by atoms with E-state index in [1.165, 1.54) is 11.0 Å². The molecule has 2 aromatic rings. The summed E-state index contributed by atoms with van der Waals surface area (Å²) in [5.41, 5.74) is 0.991. The third kappa shape index (κ3) is 2.84. The number of para-hydroxylation sites is 1. The lowest BCUT2D eigenvalue weighted by molar-refractivity contribution is -0.137. The van der Waals surface area contributed by atoms with Gasteiger partial charge in [-0.1, -0.05) is 24.3 Å². The normalized spacial score (nSPS) is 15.0. The van der Waals surface area contributed by atoms with Gasteiger partial charge >= 0.3 is 6.18 Å². The number of rotatable bonds is 1. The zero-order valence-electron chi connectivity index (χ0n) is 12.3. The molecule has 3 rings (SSSR count). The molecule has 1 heterocycles. The Bertz CT molecular complexity index is 782. The maximum atomic E-state index is 13.0. The van der Waals surface area contributed by atoms with E-state index in [-0.39, 0.29) is 18.1 Å². The molecule has 0 atom stereocenters. The number of aliphatic imine (C=N–C) groups is 1. The number of anilines is 2. The maximum Gasteiger partial charge on any atom is 0.416 e. The highest BCUT2D eigenvalue weighted by atomic mass is 19.4. The van der Waals surface area contributed by atoms with Crippen molar-refractivity contribution in [2.24, 2.45) is 4.99 Å². The third-order valence-corrected chi connectivity index (χ3v) is 3.67. The van der Waals surface area contributed by atoms with E-state index < -0.39 is 11.7 Å². The average Bonchev–Trinajstić information content (AvgIpc) is 2.64. The van der Waals surface area contributed by atoms with Gasteiger partial charge in [0.25, 0.3) is 5.91 Å². The van der Waals surface area contributed by atoms with Gasteiger partial charge in [0.1, 0.15) is 6.54 Å². The first-order chi connectivity index (χ1) is 10.9. The highest BCUT2D eigenvalue weighted by molar-refractivity contribution is 6.13. The smallest absolute Gasteiger partial charge is 0.279 e. The van der Waals surface area contributed by atoms with Crippen LogP contribution in [0.2, 0.25) is 0 Å². The van der Waals surface area contributed by atoms with E-state index in [4.69, 9.17) is 0 Å². The van der Waals surface area contributed by atoms with Crippen molar-refractivity contribution >= 4 is 23.0 Å². The predicted molar refractivity (Wildman–Crippen MR) is 82.1 cm³/mol. The molecule has 0 N–H and O–H groups in total. The lowest BCUT2D eigenvalue weighted by Crippen LogP contribution is -2.28. The Balaban J connectivity index is 2.23. The number of halogens is 3. The summed E-state index contributed by atoms with van der Waals surface area (Å²) >= 11 is 0. The SMILES string of the molecule is CC1=NCC(=O)N(c2ccccc2)c2cc(C(F)(F)F)ccc21. The molecule has 1 aliphatic rings. The molecule has 118 valence electrons. The summed E-state index contributed by atoms with van der Waals surface area (Å²) in [5, 5.41) is 0. The van der Waals surface area contributed by atoms with Crippen molar-refractivity contribution in [3.05, 3.63) is 59.7 Å². The third-order valence-electron chi connectivity index (χ3n) is 3.67. The Hall–Kier alpha value is -2.63. The van der Waals surface area contributed by atoms with Crippen molar-refractivity contribution in [1.82, 2.24) is 0 Å². The standard InChI is InChI=1S/C17H13F3N2O/c1-11-14-8-7-12(17(18,19)20)9-15(14)22(16(23)10-21-11)13-5-3-2-4-6-13/h2-9H,10H2,1H3. The molecule has 6 heteroatoms. The summed E-state index contributed by atoms with van der Waals surface area (Å²) in [7, 11) is 0. The fourth-order valence-electron chi connectivity index (χ4n) is 2.54. The first-order valence-electron chi connectivity index (χ1n) is 6.98. The Labute approximate surface area is 131 Å². The van der Waals surface area contributed by atoms with Gasteiger partial charge in [-0.2, -0.15) is 13.2 Å². The Morgan fingerprint density at radius 2 is 1.78 bits per heavy atom. The molecule has 0 radical (unpaired) electrons. The zero-order chi connectivity index (χ0) is 16.6. The molecule has 0 fully saturated rings. The second kappa shape index (κ2) is 5.53. The second-order valence-electron chi connectivity index (χ2n) is 5.20. The van der Waals surface area contributed by atoms with E-state index in [0.717, 1.165) is 12.1 Å². The summed E-state index contributed by atoms with van der Waals surface area (Å²) in [6, 6.07) is 12.0. The van der Waals surface area contributed by atoms with Crippen LogP contribution in [-0.2, 0) is 11.0 Å². The van der Waals surface area contributed by atoms with Crippen LogP contribution in [0.5, 0.6) is 0 Å². The topological polar surface area (TPSA) is 32.7 Å². The van der Waals surface area contributed by atoms with Crippen molar-refractivity contribution < 1.29 is 18.0 Å². The van der Waals surface area contributed by atoms with Crippen LogP contribution in [0.25, 0.3) is 0 Å². The van der Waals surface area contributed by atoms with Crippen molar-refractivity contribution in [2.75, 3.05) is 11.4 Å². The van der Waals surface area contributed by atoms with Crippen LogP contribution in [0.4, 0.5) is 24.5 Å². The number of amides is 1. The number of carbonyl (C=O) groups excluding carboxylic acids is 1. The van der Waals surface area contributed by atoms with E-state index in [1.807, 2.05) is 0 Å². The largest absolute Gasteiger partial charge is 0.416 e. The molecular weight excluding hydrogens is 305 g/mol. The van der Waals surface area contributed by atoms with Gasteiger partial charge in [-0.3, -0.25) is 14.7 Å². The van der Waals surface area contributed by atoms with Gasteiger partial charge in [0, 0.05) is 17.0 Å². The Morgan fingerprint density at radius 3 is 2.43 bits per heavy atom. The second-order valence-corrected chi connectivity index (χ2v) is 5.20. The molecule has 3 nitrogen and oxygen atoms in total. The lowest BCUT2D eigenvalue weighted by atomic mass is 10.0. The van der Waals surface area contributed by atoms with Crippen LogP contribution >= 0.6 is 0 Å². The van der Waals surface area contributed by atoms with Crippen LogP contribution in [-0.4, -0.2) is 18.2 Å². The number of carbonyl (C=O) groups is 1. The summed E-state index contributed by atoms with van der Waals surface area (Å²) < 4.78 is 39.1. The fourth-order valence-corrected chi connectivity index (χ4v) is 2.54. The van der Waals surface area contributed by atoms with E-state index in [9.17, 15) is 18.0 Å². The van der Waals surface area contributed by atoms with Crippen LogP contribution in [0.1, 0.15) is 18.1 Å². The van der Waals surface area contributed by atoms with Gasteiger partial charge in [-0.15, -0.1) is 0 Å². The molecule has 0 aromatic heterocycles. The number of benzodiazepines with no additional fused rings is 1. The van der Waals surface area contributed by atoms with Gasteiger partial charge < -0.3 is 0 Å². The lowest BCUT2D eigenvalue weighted by Gasteiger charge is -2.24. The quantitative estimate of drug-likeness (QED) is 0.776. The van der Waals surface area contributed by atoms with E-state index in [1.54, 1.807) is 37.3 Å². The average molecular weight is 318 g/mol. The number of hydrogen-bond acceptors (Lipinski definition) is 2. The van der Waals surface area contributed by atoms with Crippen LogP contribution in [0.3, 0.4) is 0 Å². The van der Waals surface area contributed by atoms with Gasteiger partial charge in [-0.05, 0) is 31.2 Å². The monoisotopic (exact) mass is 318 g/mol. The summed E-state index contributed by atoms with van der Waals surface area (Å²) in [6.07, 6.45) is -4.47. The van der Waals surface area contributed by atoms with Crippen molar-refractivity contribution in [1.29, 1.82) is 0 Å². The summed E-state index contributed by atoms with van der Waals surface area (Å²) in [5.74, 6) is -0.367. The molecule has 0 bridgehead atoms. The molecule has 0 aliphatic carbocycles. The van der Waals surface area contributed by atoms with Crippen molar-refractivity contribution in [3.63, 3.8) is 0 Å². The minimum atomic E-state index is -4.47. The highest BCUT2D eigenvalue weighted by Gasteiger charge is 2.33. The predicted octanol–water partition coefficient (Wildman–Crippen LogP) is 4.19. The van der Waals surface area contributed by atoms with Gasteiger partial charge in [0.2, 0.25) is 0 Å². The first-order valence-corrected chi connectivity index (χ1v) is 6.98. The number of benzene rings is 2. The van der Waals surface area contributed by atoms with E-state index in [0.29, 0.717) is 17.0 Å². The number of nitrogens with zero attached hydrogens (tertiary/aromatic N) is 2. The Kier molecular flexibility index (Phi) is 3.67. The maximum absolute atomic E-state index is 13.0. The Morgan fingerprint density at radius 1 is 1.09 bits per heavy atom. The minimum absolute atomic E-state index is 0.100. The highest BCUT2D eigenvalue weighted by Crippen LogP contribution is 2.37. The van der Waals surface area contributed by atoms with Crippen LogP contribution in [0.15, 0.2) is 53.5 Å². The minimum Gasteiger partial charge on any atom is -0.279 e. The molecular formula is C17H13F3N2O. The molecule has 1 amide bonds. The molecule has 0 saturated heterocycles. The van der Waals surface area contributed by atoms with Gasteiger partial charge in [-0.25, -0.2) is 0 Å². The molecule has 2 aromatic carbocycles.